The van der Waals surface area contributed by atoms with Gasteiger partial charge >= 0.3 is 0 Å². The Morgan fingerprint density at radius 3 is 2.50 bits per heavy atom. The molecule has 0 radical (unpaired) electrons. The molecule has 0 saturated carbocycles. The van der Waals surface area contributed by atoms with E-state index in [0.717, 1.165) is 21.4 Å². The van der Waals surface area contributed by atoms with E-state index >= 15 is 0 Å². The number of benzene rings is 2. The number of nitrogens with zero attached hydrogens (tertiary/aromatic N) is 1. The van der Waals surface area contributed by atoms with Crippen molar-refractivity contribution in [2.24, 2.45) is 0 Å². The van der Waals surface area contributed by atoms with Gasteiger partial charge in [-0.3, -0.25) is 0 Å². The van der Waals surface area contributed by atoms with Crippen molar-refractivity contribution in [1.82, 2.24) is 0 Å². The minimum absolute atomic E-state index is 0.561. The van der Waals surface area contributed by atoms with E-state index in [0.29, 0.717) is 11.3 Å². The van der Waals surface area contributed by atoms with Crippen molar-refractivity contribution in [3.8, 4) is 6.07 Å². The Kier molecular flexibility index (Phi) is 3.54. The van der Waals surface area contributed by atoms with Gasteiger partial charge in [0, 0.05) is 10.2 Å². The summed E-state index contributed by atoms with van der Waals surface area (Å²) in [5.74, 6) is 0. The molecule has 0 fully saturated rings. The van der Waals surface area contributed by atoms with Crippen LogP contribution in [0.4, 0.5) is 17.1 Å². The zero-order valence-electron chi connectivity index (χ0n) is 9.87. The zero-order valence-corrected chi connectivity index (χ0v) is 11.5. The first-order chi connectivity index (χ1) is 8.60. The van der Waals surface area contributed by atoms with E-state index in [1.165, 1.54) is 0 Å². The second-order valence-electron chi connectivity index (χ2n) is 4.00. The molecule has 90 valence electrons. The number of nitrogens with one attached hydrogen (secondary N) is 1. The van der Waals surface area contributed by atoms with Crippen LogP contribution in [0.5, 0.6) is 0 Å². The maximum atomic E-state index is 8.79. The lowest BCUT2D eigenvalue weighted by Crippen LogP contribution is -1.98. The molecule has 4 heteroatoms. The van der Waals surface area contributed by atoms with Crippen molar-refractivity contribution < 1.29 is 0 Å². The topological polar surface area (TPSA) is 61.8 Å². The number of anilines is 3. The lowest BCUT2D eigenvalue weighted by Gasteiger charge is -2.12. The molecular formula is C14H12BrN3. The predicted octanol–water partition coefficient (Wildman–Crippen LogP) is 3.96. The maximum Gasteiger partial charge on any atom is 0.0992 e. The molecule has 3 nitrogen and oxygen atoms in total. The number of nitrogens with two attached hydrogens (primary N) is 1. The molecule has 3 N–H and O–H groups in total. The highest BCUT2D eigenvalue weighted by atomic mass is 79.9. The van der Waals surface area contributed by atoms with Crippen molar-refractivity contribution in [3.63, 3.8) is 0 Å². The molecule has 18 heavy (non-hydrogen) atoms. The van der Waals surface area contributed by atoms with Crippen LogP contribution in [0.3, 0.4) is 0 Å². The molecule has 0 aliphatic carbocycles. The fraction of sp³-hybridized carbons (Fsp3) is 0.0714. The van der Waals surface area contributed by atoms with Crippen LogP contribution in [-0.2, 0) is 0 Å². The third-order valence-electron chi connectivity index (χ3n) is 2.64. The average molecular weight is 302 g/mol. The second kappa shape index (κ2) is 5.11. The van der Waals surface area contributed by atoms with E-state index in [1.807, 2.05) is 31.2 Å². The van der Waals surface area contributed by atoms with Gasteiger partial charge in [0.2, 0.25) is 0 Å². The van der Waals surface area contributed by atoms with Gasteiger partial charge in [0.15, 0.2) is 0 Å². The molecule has 0 saturated heterocycles. The molecule has 2 aromatic carbocycles. The molecule has 0 bridgehead atoms. The normalized spacial score (nSPS) is 9.83. The van der Waals surface area contributed by atoms with Crippen LogP contribution < -0.4 is 11.1 Å². The van der Waals surface area contributed by atoms with Gasteiger partial charge in [-0.05, 0) is 48.9 Å². The summed E-state index contributed by atoms with van der Waals surface area (Å²) in [6, 6.07) is 13.3. The maximum absolute atomic E-state index is 8.79. The summed E-state index contributed by atoms with van der Waals surface area (Å²) in [7, 11) is 0. The van der Waals surface area contributed by atoms with E-state index < -0.39 is 0 Å². The van der Waals surface area contributed by atoms with Crippen molar-refractivity contribution in [2.75, 3.05) is 11.1 Å². The van der Waals surface area contributed by atoms with Crippen molar-refractivity contribution in [2.45, 2.75) is 6.92 Å². The molecule has 0 aliphatic rings. The minimum atomic E-state index is 0.561. The number of rotatable bonds is 2. The molecule has 2 rings (SSSR count). The van der Waals surface area contributed by atoms with Gasteiger partial charge < -0.3 is 11.1 Å². The van der Waals surface area contributed by atoms with Crippen molar-refractivity contribution in [3.05, 3.63) is 52.0 Å². The van der Waals surface area contributed by atoms with Crippen LogP contribution in [0.2, 0.25) is 0 Å². The Balaban J connectivity index is 2.32. The zero-order chi connectivity index (χ0) is 13.1. The van der Waals surface area contributed by atoms with Crippen LogP contribution in [0, 0.1) is 18.3 Å². The van der Waals surface area contributed by atoms with E-state index in [-0.39, 0.29) is 0 Å². The summed E-state index contributed by atoms with van der Waals surface area (Å²) < 4.78 is 1.04. The van der Waals surface area contributed by atoms with Gasteiger partial charge in [0.05, 0.1) is 23.0 Å². The Labute approximate surface area is 114 Å². The Bertz CT molecular complexity index is 629. The largest absolute Gasteiger partial charge is 0.397 e. The van der Waals surface area contributed by atoms with E-state index in [2.05, 4.69) is 27.3 Å². The Morgan fingerprint density at radius 1 is 1.17 bits per heavy atom. The summed E-state index contributed by atoms with van der Waals surface area (Å²) in [6.07, 6.45) is 0. The molecule has 0 aliphatic heterocycles. The lowest BCUT2D eigenvalue weighted by atomic mass is 10.1. The predicted molar refractivity (Wildman–Crippen MR) is 77.7 cm³/mol. The van der Waals surface area contributed by atoms with Gasteiger partial charge in [-0.25, -0.2) is 0 Å². The van der Waals surface area contributed by atoms with Crippen LogP contribution in [0.15, 0.2) is 40.9 Å². The lowest BCUT2D eigenvalue weighted by molar-refractivity contribution is 1.41. The fourth-order valence-corrected chi connectivity index (χ4v) is 2.13. The standard InChI is InChI=1S/C14H12BrN3/c1-9-6-11(15)3-5-13(9)18-14-4-2-10(8-16)7-12(14)17/h2-7,18H,17H2,1H3. The molecule has 0 aromatic heterocycles. The van der Waals surface area contributed by atoms with Crippen molar-refractivity contribution >= 4 is 33.0 Å². The van der Waals surface area contributed by atoms with Gasteiger partial charge in [0.1, 0.15) is 0 Å². The van der Waals surface area contributed by atoms with Crippen LogP contribution in [0.25, 0.3) is 0 Å². The number of nitriles is 1. The number of hydrogen-bond donors (Lipinski definition) is 2. The van der Waals surface area contributed by atoms with E-state index in [4.69, 9.17) is 11.0 Å². The number of nitrogen functional groups attached to an aromatic ring is 1. The highest BCUT2D eigenvalue weighted by molar-refractivity contribution is 9.10. The van der Waals surface area contributed by atoms with Crippen molar-refractivity contribution in [1.29, 1.82) is 5.26 Å². The first-order valence-electron chi connectivity index (χ1n) is 5.43. The highest BCUT2D eigenvalue weighted by Crippen LogP contribution is 2.27. The van der Waals surface area contributed by atoms with E-state index in [9.17, 15) is 0 Å². The SMILES string of the molecule is Cc1cc(Br)ccc1Nc1ccc(C#N)cc1N. The van der Waals surface area contributed by atoms with Crippen LogP contribution >= 0.6 is 15.9 Å². The summed E-state index contributed by atoms with van der Waals surface area (Å²) in [4.78, 5) is 0. The molecule has 0 unspecified atom stereocenters. The van der Waals surface area contributed by atoms with Gasteiger partial charge in [0.25, 0.3) is 0 Å². The van der Waals surface area contributed by atoms with Crippen LogP contribution in [0.1, 0.15) is 11.1 Å². The summed E-state index contributed by atoms with van der Waals surface area (Å²) in [5, 5.41) is 12.0. The molecular weight excluding hydrogens is 290 g/mol. The highest BCUT2D eigenvalue weighted by Gasteiger charge is 2.03. The fourth-order valence-electron chi connectivity index (χ4n) is 1.66. The number of hydrogen-bond acceptors (Lipinski definition) is 3. The van der Waals surface area contributed by atoms with Gasteiger partial charge in [-0.1, -0.05) is 15.9 Å². The number of halogens is 1. The molecule has 0 atom stereocenters. The van der Waals surface area contributed by atoms with E-state index in [1.54, 1.807) is 12.1 Å². The first-order valence-corrected chi connectivity index (χ1v) is 6.22. The smallest absolute Gasteiger partial charge is 0.0992 e. The molecule has 0 amide bonds. The van der Waals surface area contributed by atoms with Gasteiger partial charge in [-0.15, -0.1) is 0 Å². The molecule has 2 aromatic rings. The third-order valence-corrected chi connectivity index (χ3v) is 3.13. The monoisotopic (exact) mass is 301 g/mol. The molecule has 0 spiro atoms. The summed E-state index contributed by atoms with van der Waals surface area (Å²) in [6.45, 7) is 2.02. The summed E-state index contributed by atoms with van der Waals surface area (Å²) in [5.41, 5.74) is 9.95. The second-order valence-corrected chi connectivity index (χ2v) is 4.91. The molecule has 0 heterocycles. The Hall–Kier alpha value is -1.99. The summed E-state index contributed by atoms with van der Waals surface area (Å²) >= 11 is 3.43. The minimum Gasteiger partial charge on any atom is -0.397 e. The number of aryl methyl sites for hydroxylation is 1. The quantitative estimate of drug-likeness (QED) is 0.826. The van der Waals surface area contributed by atoms with Crippen LogP contribution in [-0.4, -0.2) is 0 Å². The average Bonchev–Trinajstić information content (AvgIpc) is 2.34. The Morgan fingerprint density at radius 2 is 1.89 bits per heavy atom. The van der Waals surface area contributed by atoms with Gasteiger partial charge in [-0.2, -0.15) is 5.26 Å². The first kappa shape index (κ1) is 12.5. The third kappa shape index (κ3) is 2.63.